The van der Waals surface area contributed by atoms with E-state index in [2.05, 4.69) is 35.6 Å². The molecule has 94 valence electrons. The molecule has 0 aromatic carbocycles. The molecule has 1 N–H and O–H groups in total. The molecular formula is C14H23N3. The third-order valence-electron chi connectivity index (χ3n) is 4.22. The minimum atomic E-state index is 0.448. The van der Waals surface area contributed by atoms with Gasteiger partial charge in [-0.2, -0.15) is 10.2 Å². The summed E-state index contributed by atoms with van der Waals surface area (Å²) in [6.45, 7) is 2.31. The van der Waals surface area contributed by atoms with Crippen molar-refractivity contribution in [2.24, 2.45) is 11.8 Å². The van der Waals surface area contributed by atoms with Gasteiger partial charge in [-0.1, -0.05) is 26.2 Å². The molecule has 0 radical (unpaired) electrons. The van der Waals surface area contributed by atoms with Crippen LogP contribution in [0.2, 0.25) is 0 Å². The molecule has 1 atom stereocenters. The monoisotopic (exact) mass is 233 g/mol. The van der Waals surface area contributed by atoms with Crippen LogP contribution in [0.25, 0.3) is 0 Å². The van der Waals surface area contributed by atoms with E-state index in [1.807, 2.05) is 6.20 Å². The van der Waals surface area contributed by atoms with Crippen molar-refractivity contribution in [1.29, 1.82) is 0 Å². The molecular weight excluding hydrogens is 210 g/mol. The largest absolute Gasteiger partial charge is 0.313 e. The Kier molecular flexibility index (Phi) is 4.49. The van der Waals surface area contributed by atoms with Gasteiger partial charge in [0.1, 0.15) is 0 Å². The lowest BCUT2D eigenvalue weighted by molar-refractivity contribution is 0.224. The zero-order valence-corrected chi connectivity index (χ0v) is 10.9. The summed E-state index contributed by atoms with van der Waals surface area (Å²) in [6, 6.07) is 2.53. The summed E-state index contributed by atoms with van der Waals surface area (Å²) in [5, 5.41) is 11.3. The molecule has 1 aliphatic carbocycles. The lowest BCUT2D eigenvalue weighted by Gasteiger charge is -2.33. The summed E-state index contributed by atoms with van der Waals surface area (Å²) in [6.07, 6.45) is 10.5. The van der Waals surface area contributed by atoms with Crippen molar-refractivity contribution in [3.05, 3.63) is 24.0 Å². The lowest BCUT2D eigenvalue weighted by atomic mass is 9.76. The second-order valence-corrected chi connectivity index (χ2v) is 5.13. The average molecular weight is 233 g/mol. The van der Waals surface area contributed by atoms with Crippen LogP contribution < -0.4 is 5.32 Å². The van der Waals surface area contributed by atoms with E-state index >= 15 is 0 Å². The fraction of sp³-hybridized carbons (Fsp3) is 0.714. The summed E-state index contributed by atoms with van der Waals surface area (Å²) in [4.78, 5) is 0. The molecule has 0 spiro atoms. The Hall–Kier alpha value is -0.960. The topological polar surface area (TPSA) is 37.8 Å². The molecule has 1 unspecified atom stereocenters. The number of hydrogen-bond donors (Lipinski definition) is 1. The standard InChI is InChI=1S/C14H23N3/c1-3-11-4-6-12(7-5-11)14(15-2)13-8-9-16-17-10-13/h8-12,14-15H,3-7H2,1-2H3. The highest BCUT2D eigenvalue weighted by Crippen LogP contribution is 2.37. The molecule has 0 aliphatic heterocycles. The molecule has 1 heterocycles. The molecule has 2 rings (SSSR count). The van der Waals surface area contributed by atoms with Crippen molar-refractivity contribution in [2.45, 2.75) is 45.1 Å². The van der Waals surface area contributed by atoms with Crippen molar-refractivity contribution in [1.82, 2.24) is 15.5 Å². The van der Waals surface area contributed by atoms with Gasteiger partial charge in [0.15, 0.2) is 0 Å². The van der Waals surface area contributed by atoms with Crippen LogP contribution in [-0.2, 0) is 0 Å². The Labute approximate surface area is 104 Å². The van der Waals surface area contributed by atoms with Crippen molar-refractivity contribution < 1.29 is 0 Å². The first-order chi connectivity index (χ1) is 8.35. The molecule has 0 bridgehead atoms. The zero-order chi connectivity index (χ0) is 12.1. The maximum atomic E-state index is 3.99. The van der Waals surface area contributed by atoms with Gasteiger partial charge in [-0.25, -0.2) is 0 Å². The van der Waals surface area contributed by atoms with Crippen molar-refractivity contribution in [3.63, 3.8) is 0 Å². The minimum absolute atomic E-state index is 0.448. The van der Waals surface area contributed by atoms with E-state index in [4.69, 9.17) is 0 Å². The first-order valence-corrected chi connectivity index (χ1v) is 6.79. The van der Waals surface area contributed by atoms with Crippen molar-refractivity contribution in [3.8, 4) is 0 Å². The Bertz CT molecular complexity index is 317. The first-order valence-electron chi connectivity index (χ1n) is 6.79. The van der Waals surface area contributed by atoms with Gasteiger partial charge in [-0.3, -0.25) is 0 Å². The fourth-order valence-electron chi connectivity index (χ4n) is 3.09. The van der Waals surface area contributed by atoms with Crippen LogP contribution >= 0.6 is 0 Å². The predicted octanol–water partition coefficient (Wildman–Crippen LogP) is 2.95. The maximum absolute atomic E-state index is 3.99. The molecule has 1 aromatic rings. The Morgan fingerprint density at radius 1 is 1.29 bits per heavy atom. The van der Waals surface area contributed by atoms with E-state index in [1.54, 1.807) is 6.20 Å². The zero-order valence-electron chi connectivity index (χ0n) is 10.9. The molecule has 17 heavy (non-hydrogen) atoms. The van der Waals surface area contributed by atoms with Crippen molar-refractivity contribution in [2.75, 3.05) is 7.05 Å². The Morgan fingerprint density at radius 3 is 2.59 bits per heavy atom. The quantitative estimate of drug-likeness (QED) is 0.869. The molecule has 3 heteroatoms. The minimum Gasteiger partial charge on any atom is -0.313 e. The second-order valence-electron chi connectivity index (χ2n) is 5.13. The number of nitrogens with zero attached hydrogens (tertiary/aromatic N) is 2. The number of rotatable bonds is 4. The molecule has 0 amide bonds. The molecule has 0 saturated heterocycles. The number of aromatic nitrogens is 2. The van der Waals surface area contributed by atoms with E-state index in [9.17, 15) is 0 Å². The highest BCUT2D eigenvalue weighted by atomic mass is 15.1. The van der Waals surface area contributed by atoms with Crippen LogP contribution in [0.15, 0.2) is 18.5 Å². The SMILES string of the molecule is CCC1CCC(C(NC)c2ccnnc2)CC1. The molecule has 3 nitrogen and oxygen atoms in total. The smallest absolute Gasteiger partial charge is 0.0544 e. The van der Waals surface area contributed by atoms with Gasteiger partial charge in [-0.05, 0) is 43.4 Å². The van der Waals surface area contributed by atoms with Gasteiger partial charge < -0.3 is 5.32 Å². The molecule has 1 saturated carbocycles. The summed E-state index contributed by atoms with van der Waals surface area (Å²) >= 11 is 0. The van der Waals surface area contributed by atoms with Crippen LogP contribution in [0.1, 0.15) is 50.6 Å². The average Bonchev–Trinajstić information content (AvgIpc) is 2.42. The van der Waals surface area contributed by atoms with Gasteiger partial charge in [0.25, 0.3) is 0 Å². The Balaban J connectivity index is 2.00. The van der Waals surface area contributed by atoms with E-state index in [-0.39, 0.29) is 0 Å². The van der Waals surface area contributed by atoms with Crippen LogP contribution in [0.5, 0.6) is 0 Å². The summed E-state index contributed by atoms with van der Waals surface area (Å²) in [7, 11) is 2.05. The number of nitrogens with one attached hydrogen (secondary N) is 1. The second kappa shape index (κ2) is 6.10. The van der Waals surface area contributed by atoms with E-state index in [1.165, 1.54) is 37.7 Å². The van der Waals surface area contributed by atoms with Crippen LogP contribution in [0.3, 0.4) is 0 Å². The predicted molar refractivity (Wildman–Crippen MR) is 69.6 cm³/mol. The lowest BCUT2D eigenvalue weighted by Crippen LogP contribution is -2.28. The summed E-state index contributed by atoms with van der Waals surface area (Å²) in [5.41, 5.74) is 1.28. The van der Waals surface area contributed by atoms with Gasteiger partial charge in [0.05, 0.1) is 6.20 Å². The van der Waals surface area contributed by atoms with E-state index in [0.717, 1.165) is 11.8 Å². The summed E-state index contributed by atoms with van der Waals surface area (Å²) < 4.78 is 0. The Morgan fingerprint density at radius 2 is 2.06 bits per heavy atom. The van der Waals surface area contributed by atoms with Gasteiger partial charge >= 0.3 is 0 Å². The van der Waals surface area contributed by atoms with E-state index < -0.39 is 0 Å². The van der Waals surface area contributed by atoms with Gasteiger partial charge in [0, 0.05) is 12.2 Å². The third-order valence-corrected chi connectivity index (χ3v) is 4.22. The highest BCUT2D eigenvalue weighted by Gasteiger charge is 2.27. The van der Waals surface area contributed by atoms with Crippen LogP contribution in [0.4, 0.5) is 0 Å². The maximum Gasteiger partial charge on any atom is 0.0544 e. The third kappa shape index (κ3) is 3.03. The van der Waals surface area contributed by atoms with Crippen LogP contribution in [0, 0.1) is 11.8 Å². The van der Waals surface area contributed by atoms with Crippen LogP contribution in [-0.4, -0.2) is 17.2 Å². The normalized spacial score (nSPS) is 26.7. The summed E-state index contributed by atoms with van der Waals surface area (Å²) in [5.74, 6) is 1.71. The van der Waals surface area contributed by atoms with Crippen molar-refractivity contribution >= 4 is 0 Å². The highest BCUT2D eigenvalue weighted by molar-refractivity contribution is 5.13. The van der Waals surface area contributed by atoms with Gasteiger partial charge in [0.2, 0.25) is 0 Å². The molecule has 1 aliphatic rings. The van der Waals surface area contributed by atoms with Gasteiger partial charge in [-0.15, -0.1) is 0 Å². The molecule has 1 aromatic heterocycles. The fourth-order valence-corrected chi connectivity index (χ4v) is 3.09. The molecule has 1 fully saturated rings. The first kappa shape index (κ1) is 12.5. The van der Waals surface area contributed by atoms with E-state index in [0.29, 0.717) is 6.04 Å². The number of hydrogen-bond acceptors (Lipinski definition) is 3.